The molecular formula is C16H13N3O2. The normalized spacial score (nSPS) is 10.5. The van der Waals surface area contributed by atoms with Crippen molar-refractivity contribution in [3.05, 3.63) is 72.3 Å². The number of rotatable bonds is 4. The van der Waals surface area contributed by atoms with Crippen LogP contribution in [-0.4, -0.2) is 25.6 Å². The van der Waals surface area contributed by atoms with Gasteiger partial charge in [0.1, 0.15) is 5.82 Å². The van der Waals surface area contributed by atoms with E-state index in [1.165, 1.54) is 6.20 Å². The van der Waals surface area contributed by atoms with Gasteiger partial charge in [0, 0.05) is 29.7 Å². The van der Waals surface area contributed by atoms with Gasteiger partial charge in [-0.15, -0.1) is 0 Å². The Bertz CT molecular complexity index is 766. The first-order valence-electron chi connectivity index (χ1n) is 6.49. The second-order valence-corrected chi connectivity index (χ2v) is 4.56. The van der Waals surface area contributed by atoms with E-state index in [-0.39, 0.29) is 5.69 Å². The average Bonchev–Trinajstić information content (AvgIpc) is 2.96. The highest BCUT2D eigenvalue weighted by Gasteiger charge is 2.13. The molecule has 21 heavy (non-hydrogen) atoms. The van der Waals surface area contributed by atoms with Crippen LogP contribution in [0.1, 0.15) is 16.1 Å². The number of carbonyl (C=O) groups is 1. The van der Waals surface area contributed by atoms with Crippen molar-refractivity contribution in [2.45, 2.75) is 6.54 Å². The molecule has 0 amide bonds. The molecule has 0 unspecified atom stereocenters. The summed E-state index contributed by atoms with van der Waals surface area (Å²) in [5, 5.41) is 9.19. The lowest BCUT2D eigenvalue weighted by Gasteiger charge is -2.09. The van der Waals surface area contributed by atoms with Gasteiger partial charge in [-0.25, -0.2) is 14.8 Å². The van der Waals surface area contributed by atoms with Gasteiger partial charge in [-0.05, 0) is 6.07 Å². The summed E-state index contributed by atoms with van der Waals surface area (Å²) in [7, 11) is 0. The van der Waals surface area contributed by atoms with Crippen molar-refractivity contribution in [2.75, 3.05) is 0 Å². The maximum Gasteiger partial charge on any atom is 0.354 e. The Morgan fingerprint density at radius 1 is 1.05 bits per heavy atom. The van der Waals surface area contributed by atoms with E-state index in [1.807, 2.05) is 41.1 Å². The minimum atomic E-state index is -1.02. The summed E-state index contributed by atoms with van der Waals surface area (Å²) in [4.78, 5) is 19.5. The Kier molecular flexibility index (Phi) is 3.47. The minimum absolute atomic E-state index is 0.0743. The molecule has 104 valence electrons. The summed E-state index contributed by atoms with van der Waals surface area (Å²) in [6, 6.07) is 13.3. The monoisotopic (exact) mass is 279 g/mol. The fourth-order valence-corrected chi connectivity index (χ4v) is 2.23. The number of pyridine rings is 1. The van der Waals surface area contributed by atoms with Crippen molar-refractivity contribution in [3.63, 3.8) is 0 Å². The molecule has 0 saturated carbocycles. The van der Waals surface area contributed by atoms with Crippen molar-refractivity contribution in [1.29, 1.82) is 0 Å². The molecule has 5 heteroatoms. The van der Waals surface area contributed by atoms with Crippen LogP contribution in [0.5, 0.6) is 0 Å². The number of carboxylic acid groups (broad SMARTS) is 1. The van der Waals surface area contributed by atoms with Crippen LogP contribution < -0.4 is 0 Å². The Morgan fingerprint density at radius 2 is 1.86 bits per heavy atom. The molecule has 0 aliphatic heterocycles. The summed E-state index contributed by atoms with van der Waals surface area (Å²) in [6.45, 7) is 0.416. The van der Waals surface area contributed by atoms with Crippen molar-refractivity contribution in [1.82, 2.24) is 14.5 Å². The second kappa shape index (κ2) is 5.58. The van der Waals surface area contributed by atoms with Crippen molar-refractivity contribution in [3.8, 4) is 11.4 Å². The lowest BCUT2D eigenvalue weighted by Crippen LogP contribution is -2.09. The molecule has 3 aromatic rings. The predicted octanol–water partition coefficient (Wildman–Crippen LogP) is 2.69. The van der Waals surface area contributed by atoms with Crippen LogP contribution in [0.15, 0.2) is 61.1 Å². The number of hydrogen-bond acceptors (Lipinski definition) is 3. The zero-order chi connectivity index (χ0) is 14.7. The first kappa shape index (κ1) is 13.1. The largest absolute Gasteiger partial charge is 0.477 e. The molecule has 0 radical (unpaired) electrons. The van der Waals surface area contributed by atoms with E-state index in [4.69, 9.17) is 0 Å². The highest BCUT2D eigenvalue weighted by Crippen LogP contribution is 2.18. The Labute approximate surface area is 121 Å². The van der Waals surface area contributed by atoms with Crippen LogP contribution in [0.3, 0.4) is 0 Å². The van der Waals surface area contributed by atoms with E-state index in [0.717, 1.165) is 11.4 Å². The Morgan fingerprint density at radius 3 is 2.62 bits per heavy atom. The Balaban J connectivity index is 1.98. The highest BCUT2D eigenvalue weighted by atomic mass is 16.4. The number of nitrogens with zero attached hydrogens (tertiary/aromatic N) is 3. The second-order valence-electron chi connectivity index (χ2n) is 4.56. The summed E-state index contributed by atoms with van der Waals surface area (Å²) < 4.78 is 1.92. The molecule has 2 aromatic heterocycles. The minimum Gasteiger partial charge on any atom is -0.477 e. The quantitative estimate of drug-likeness (QED) is 0.797. The van der Waals surface area contributed by atoms with Crippen LogP contribution in [0.25, 0.3) is 11.4 Å². The topological polar surface area (TPSA) is 68.0 Å². The van der Waals surface area contributed by atoms with Crippen LogP contribution in [0.4, 0.5) is 0 Å². The number of aromatic nitrogens is 3. The van der Waals surface area contributed by atoms with Crippen molar-refractivity contribution < 1.29 is 9.90 Å². The van der Waals surface area contributed by atoms with E-state index in [0.29, 0.717) is 12.1 Å². The number of carboxylic acids is 1. The number of benzene rings is 1. The smallest absolute Gasteiger partial charge is 0.354 e. The predicted molar refractivity (Wildman–Crippen MR) is 78.0 cm³/mol. The standard InChI is InChI=1S/C16H13N3O2/c20-16(21)14-13(7-4-8-17-14)11-19-10-9-18-15(19)12-5-2-1-3-6-12/h1-10H,11H2,(H,20,21). The van der Waals surface area contributed by atoms with Gasteiger partial charge in [-0.1, -0.05) is 36.4 Å². The average molecular weight is 279 g/mol. The maximum atomic E-state index is 11.2. The lowest BCUT2D eigenvalue weighted by molar-refractivity contribution is 0.0689. The molecule has 0 fully saturated rings. The molecule has 0 aliphatic carbocycles. The van der Waals surface area contributed by atoms with E-state index in [2.05, 4.69) is 9.97 Å². The number of aromatic carboxylic acids is 1. The lowest BCUT2D eigenvalue weighted by atomic mass is 10.1. The van der Waals surface area contributed by atoms with Gasteiger partial charge in [0.25, 0.3) is 0 Å². The van der Waals surface area contributed by atoms with Gasteiger partial charge in [-0.2, -0.15) is 0 Å². The zero-order valence-corrected chi connectivity index (χ0v) is 11.2. The van der Waals surface area contributed by atoms with Gasteiger partial charge >= 0.3 is 5.97 Å². The molecule has 1 aromatic carbocycles. The van der Waals surface area contributed by atoms with Gasteiger partial charge in [0.2, 0.25) is 0 Å². The molecule has 0 aliphatic rings. The summed E-state index contributed by atoms with van der Waals surface area (Å²) in [5.41, 5.74) is 1.72. The van der Waals surface area contributed by atoms with E-state index >= 15 is 0 Å². The molecule has 0 atom stereocenters. The van der Waals surface area contributed by atoms with E-state index in [1.54, 1.807) is 18.3 Å². The van der Waals surface area contributed by atoms with E-state index < -0.39 is 5.97 Å². The van der Waals surface area contributed by atoms with Crippen LogP contribution in [0.2, 0.25) is 0 Å². The third-order valence-corrected chi connectivity index (χ3v) is 3.18. The zero-order valence-electron chi connectivity index (χ0n) is 11.2. The molecule has 5 nitrogen and oxygen atoms in total. The summed E-state index contributed by atoms with van der Waals surface area (Å²) in [5.74, 6) is -0.220. The first-order valence-corrected chi connectivity index (χ1v) is 6.49. The van der Waals surface area contributed by atoms with Crippen molar-refractivity contribution >= 4 is 5.97 Å². The van der Waals surface area contributed by atoms with Crippen LogP contribution in [-0.2, 0) is 6.54 Å². The molecule has 1 N–H and O–H groups in total. The van der Waals surface area contributed by atoms with Crippen LogP contribution in [0, 0.1) is 0 Å². The molecular weight excluding hydrogens is 266 g/mol. The van der Waals surface area contributed by atoms with Gasteiger partial charge in [0.05, 0.1) is 6.54 Å². The Hall–Kier alpha value is -2.95. The number of imidazole rings is 1. The molecule has 3 rings (SSSR count). The van der Waals surface area contributed by atoms with Gasteiger partial charge < -0.3 is 9.67 Å². The third kappa shape index (κ3) is 2.67. The summed E-state index contributed by atoms with van der Waals surface area (Å²) in [6.07, 6.45) is 5.03. The highest BCUT2D eigenvalue weighted by molar-refractivity contribution is 5.87. The van der Waals surface area contributed by atoms with Crippen LogP contribution >= 0.6 is 0 Å². The summed E-state index contributed by atoms with van der Waals surface area (Å²) >= 11 is 0. The first-order chi connectivity index (χ1) is 10.3. The fourth-order valence-electron chi connectivity index (χ4n) is 2.23. The molecule has 0 saturated heterocycles. The number of hydrogen-bond donors (Lipinski definition) is 1. The van der Waals surface area contributed by atoms with Gasteiger partial charge in [-0.3, -0.25) is 0 Å². The van der Waals surface area contributed by atoms with Gasteiger partial charge in [0.15, 0.2) is 5.69 Å². The maximum absolute atomic E-state index is 11.2. The van der Waals surface area contributed by atoms with E-state index in [9.17, 15) is 9.90 Å². The molecule has 2 heterocycles. The van der Waals surface area contributed by atoms with Crippen molar-refractivity contribution in [2.24, 2.45) is 0 Å². The SMILES string of the molecule is O=C(O)c1ncccc1Cn1ccnc1-c1ccccc1. The molecule has 0 bridgehead atoms. The third-order valence-electron chi connectivity index (χ3n) is 3.18. The fraction of sp³-hybridized carbons (Fsp3) is 0.0625. The molecule has 0 spiro atoms.